The van der Waals surface area contributed by atoms with Crippen LogP contribution in [0.1, 0.15) is 44.2 Å². The maximum Gasteiger partial charge on any atom is 0.333 e. The number of likely N-dealkylation sites (tertiary alicyclic amines) is 1. The Morgan fingerprint density at radius 1 is 1.30 bits per heavy atom. The van der Waals surface area contributed by atoms with Crippen molar-refractivity contribution in [1.29, 1.82) is 0 Å². The van der Waals surface area contributed by atoms with Gasteiger partial charge in [-0.15, -0.1) is 0 Å². The predicted molar refractivity (Wildman–Crippen MR) is 87.7 cm³/mol. The van der Waals surface area contributed by atoms with Gasteiger partial charge in [0.1, 0.15) is 5.75 Å². The molecule has 2 heterocycles. The number of fused-ring (bicyclic) bond motifs is 1. The van der Waals surface area contributed by atoms with E-state index in [0.717, 1.165) is 30.0 Å². The van der Waals surface area contributed by atoms with Crippen molar-refractivity contribution in [2.75, 3.05) is 13.1 Å². The summed E-state index contributed by atoms with van der Waals surface area (Å²) in [7, 11) is -4.18. The summed E-state index contributed by atoms with van der Waals surface area (Å²) in [5.41, 5.74) is 1.72. The Bertz CT molecular complexity index is 681. The smallest absolute Gasteiger partial charge is 0.333 e. The van der Waals surface area contributed by atoms with Crippen LogP contribution < -0.4 is 9.46 Å². The van der Waals surface area contributed by atoms with E-state index in [0.29, 0.717) is 0 Å². The first-order chi connectivity index (χ1) is 10.8. The number of hydrogen-bond donors (Lipinski definition) is 2. The molecule has 0 aromatic heterocycles. The summed E-state index contributed by atoms with van der Waals surface area (Å²) < 4.78 is 38.8. The molecule has 1 fully saturated rings. The van der Waals surface area contributed by atoms with Gasteiger partial charge >= 0.3 is 10.3 Å². The second-order valence-electron chi connectivity index (χ2n) is 6.92. The normalized spacial score (nSPS) is 24.2. The molecule has 3 rings (SSSR count). The van der Waals surface area contributed by atoms with Crippen LogP contribution in [0.3, 0.4) is 0 Å². The minimum absolute atomic E-state index is 0.0163. The summed E-state index contributed by atoms with van der Waals surface area (Å²) in [6.45, 7) is 6.51. The monoisotopic (exact) mass is 340 g/mol. The fourth-order valence-corrected chi connectivity index (χ4v) is 3.90. The van der Waals surface area contributed by atoms with Crippen LogP contribution in [0.2, 0.25) is 0 Å². The highest BCUT2D eigenvalue weighted by atomic mass is 32.2. The van der Waals surface area contributed by atoms with E-state index in [4.69, 9.17) is 9.29 Å². The standard InChI is InChI=1S/C16H24N2O4S/c1-16(2)13-10-12(11-17-23(19,20)21)6-7-14(13)22-15(16)18-8-4-3-5-9-18/h6-7,10,15,17H,3-5,8-9,11H2,1-2H3,(H,19,20,21). The van der Waals surface area contributed by atoms with Gasteiger partial charge in [-0.05, 0) is 24.5 Å². The number of piperidine rings is 1. The lowest BCUT2D eigenvalue weighted by molar-refractivity contribution is -0.0131. The first-order valence-electron chi connectivity index (χ1n) is 8.03. The minimum Gasteiger partial charge on any atom is -0.474 e. The quantitative estimate of drug-likeness (QED) is 0.820. The molecule has 1 atom stereocenters. The van der Waals surface area contributed by atoms with Crippen molar-refractivity contribution in [1.82, 2.24) is 9.62 Å². The number of hydrogen-bond acceptors (Lipinski definition) is 4. The van der Waals surface area contributed by atoms with Gasteiger partial charge in [-0.2, -0.15) is 13.1 Å². The lowest BCUT2D eigenvalue weighted by atomic mass is 9.82. The zero-order valence-corrected chi connectivity index (χ0v) is 14.4. The second kappa shape index (κ2) is 6.05. The Kier molecular flexibility index (Phi) is 4.39. The van der Waals surface area contributed by atoms with Gasteiger partial charge in [0.2, 0.25) is 0 Å². The lowest BCUT2D eigenvalue weighted by Crippen LogP contribution is -2.49. The van der Waals surface area contributed by atoms with Crippen molar-refractivity contribution in [3.8, 4) is 5.75 Å². The summed E-state index contributed by atoms with van der Waals surface area (Å²) >= 11 is 0. The SMILES string of the molecule is CC1(C)c2cc(CNS(=O)(=O)O)ccc2OC1N1CCCCC1. The van der Waals surface area contributed by atoms with Crippen molar-refractivity contribution in [3.63, 3.8) is 0 Å². The van der Waals surface area contributed by atoms with Crippen molar-refractivity contribution in [2.24, 2.45) is 0 Å². The summed E-state index contributed by atoms with van der Waals surface area (Å²) in [5.74, 6) is 0.862. The number of nitrogens with one attached hydrogen (secondary N) is 1. The Morgan fingerprint density at radius 2 is 2.00 bits per heavy atom. The largest absolute Gasteiger partial charge is 0.474 e. The molecule has 1 aromatic rings. The maximum absolute atomic E-state index is 10.8. The van der Waals surface area contributed by atoms with Crippen LogP contribution in [-0.4, -0.2) is 37.2 Å². The third-order valence-corrected chi connectivity index (χ3v) is 5.28. The molecule has 128 valence electrons. The molecule has 2 aliphatic heterocycles. The van der Waals surface area contributed by atoms with Crippen LogP contribution in [0, 0.1) is 0 Å². The Balaban J connectivity index is 1.81. The third-order valence-electron chi connectivity index (χ3n) is 4.78. The second-order valence-corrected chi connectivity index (χ2v) is 8.15. The Morgan fingerprint density at radius 3 is 2.65 bits per heavy atom. The van der Waals surface area contributed by atoms with Crippen LogP contribution in [0.4, 0.5) is 0 Å². The average Bonchev–Trinajstić information content (AvgIpc) is 2.77. The van der Waals surface area contributed by atoms with E-state index in [1.165, 1.54) is 19.3 Å². The highest BCUT2D eigenvalue weighted by Gasteiger charge is 2.45. The van der Waals surface area contributed by atoms with Crippen LogP contribution in [0.5, 0.6) is 5.75 Å². The third kappa shape index (κ3) is 3.52. The first kappa shape index (κ1) is 16.7. The molecule has 0 radical (unpaired) electrons. The van der Waals surface area contributed by atoms with E-state index in [2.05, 4.69) is 23.5 Å². The topological polar surface area (TPSA) is 78.9 Å². The summed E-state index contributed by atoms with van der Waals surface area (Å²) in [6.07, 6.45) is 3.70. The van der Waals surface area contributed by atoms with Crippen LogP contribution in [0.15, 0.2) is 18.2 Å². The molecule has 7 heteroatoms. The van der Waals surface area contributed by atoms with Gasteiger partial charge in [0.15, 0.2) is 6.23 Å². The van der Waals surface area contributed by atoms with Gasteiger partial charge in [0.05, 0.1) is 0 Å². The average molecular weight is 340 g/mol. The zero-order valence-electron chi connectivity index (χ0n) is 13.6. The molecular formula is C16H24N2O4S. The van der Waals surface area contributed by atoms with Crippen molar-refractivity contribution < 1.29 is 17.7 Å². The molecule has 0 saturated carbocycles. The van der Waals surface area contributed by atoms with Crippen LogP contribution >= 0.6 is 0 Å². The maximum atomic E-state index is 10.8. The number of benzene rings is 1. The van der Waals surface area contributed by atoms with Gasteiger partial charge < -0.3 is 4.74 Å². The highest BCUT2D eigenvalue weighted by molar-refractivity contribution is 7.83. The molecule has 2 N–H and O–H groups in total. The minimum atomic E-state index is -4.18. The fraction of sp³-hybridized carbons (Fsp3) is 0.625. The fourth-order valence-electron chi connectivity index (χ4n) is 3.55. The Labute approximate surface area is 137 Å². The molecule has 23 heavy (non-hydrogen) atoms. The van der Waals surface area contributed by atoms with Gasteiger partial charge in [-0.25, -0.2) is 0 Å². The van der Waals surface area contributed by atoms with E-state index in [-0.39, 0.29) is 18.2 Å². The molecule has 1 unspecified atom stereocenters. The molecular weight excluding hydrogens is 316 g/mol. The van der Waals surface area contributed by atoms with Gasteiger partial charge in [0, 0.05) is 30.6 Å². The summed E-state index contributed by atoms with van der Waals surface area (Å²) in [5, 5.41) is 0. The first-order valence-corrected chi connectivity index (χ1v) is 9.47. The van der Waals surface area contributed by atoms with E-state index in [9.17, 15) is 8.42 Å². The summed E-state index contributed by atoms with van der Waals surface area (Å²) in [4.78, 5) is 2.40. The van der Waals surface area contributed by atoms with Crippen molar-refractivity contribution in [2.45, 2.75) is 51.3 Å². The van der Waals surface area contributed by atoms with E-state index >= 15 is 0 Å². The molecule has 0 aliphatic carbocycles. The molecule has 1 aromatic carbocycles. The lowest BCUT2D eigenvalue weighted by Gasteiger charge is -2.38. The van der Waals surface area contributed by atoms with E-state index in [1.807, 2.05) is 18.2 Å². The molecule has 0 bridgehead atoms. The van der Waals surface area contributed by atoms with Crippen LogP contribution in [-0.2, 0) is 22.3 Å². The van der Waals surface area contributed by atoms with Gasteiger partial charge in [-0.1, -0.05) is 32.4 Å². The van der Waals surface area contributed by atoms with Crippen molar-refractivity contribution in [3.05, 3.63) is 29.3 Å². The highest BCUT2D eigenvalue weighted by Crippen LogP contribution is 2.44. The number of nitrogens with zero attached hydrogens (tertiary/aromatic N) is 1. The Hall–Kier alpha value is -1.15. The molecule has 0 spiro atoms. The summed E-state index contributed by atoms with van der Waals surface area (Å²) in [6, 6.07) is 5.69. The zero-order chi connectivity index (χ0) is 16.7. The van der Waals surface area contributed by atoms with Gasteiger partial charge in [-0.3, -0.25) is 9.45 Å². The van der Waals surface area contributed by atoms with Crippen LogP contribution in [0.25, 0.3) is 0 Å². The van der Waals surface area contributed by atoms with E-state index in [1.54, 1.807) is 0 Å². The number of rotatable bonds is 4. The molecule has 6 nitrogen and oxygen atoms in total. The predicted octanol–water partition coefficient (Wildman–Crippen LogP) is 2.06. The number of ether oxygens (including phenoxy) is 1. The van der Waals surface area contributed by atoms with Gasteiger partial charge in [0.25, 0.3) is 0 Å². The molecule has 2 aliphatic rings. The molecule has 1 saturated heterocycles. The molecule has 0 amide bonds. The van der Waals surface area contributed by atoms with Crippen molar-refractivity contribution >= 4 is 10.3 Å². The van der Waals surface area contributed by atoms with E-state index < -0.39 is 10.3 Å².